The summed E-state index contributed by atoms with van der Waals surface area (Å²) in [5.74, 6) is 0.0673. The van der Waals surface area contributed by atoms with Gasteiger partial charge in [0.2, 0.25) is 5.82 Å². The van der Waals surface area contributed by atoms with Crippen LogP contribution in [0, 0.1) is 0 Å². The van der Waals surface area contributed by atoms with E-state index in [9.17, 15) is 4.79 Å². The molecule has 3 atom stereocenters. The molecule has 2 aromatic heterocycles. The van der Waals surface area contributed by atoms with Crippen molar-refractivity contribution in [2.45, 2.75) is 37.7 Å². The number of ether oxygens (including phenoxy) is 2. The van der Waals surface area contributed by atoms with Crippen molar-refractivity contribution >= 4 is 5.91 Å². The van der Waals surface area contributed by atoms with Gasteiger partial charge in [-0.25, -0.2) is 4.98 Å². The molecule has 4 heterocycles. The van der Waals surface area contributed by atoms with Gasteiger partial charge in [-0.3, -0.25) is 14.5 Å². The van der Waals surface area contributed by atoms with Gasteiger partial charge in [0.1, 0.15) is 18.5 Å². The molecule has 0 spiro atoms. The van der Waals surface area contributed by atoms with Crippen LogP contribution in [0.3, 0.4) is 0 Å². The first kappa shape index (κ1) is 16.2. The Morgan fingerprint density at radius 1 is 1.40 bits per heavy atom. The summed E-state index contributed by atoms with van der Waals surface area (Å²) in [5, 5.41) is 4.14. The lowest BCUT2D eigenvalue weighted by Gasteiger charge is -2.31. The molecule has 1 amide bonds. The van der Waals surface area contributed by atoms with Crippen molar-refractivity contribution in [2.75, 3.05) is 13.2 Å². The average molecular weight is 343 g/mol. The summed E-state index contributed by atoms with van der Waals surface area (Å²) in [4.78, 5) is 22.7. The summed E-state index contributed by atoms with van der Waals surface area (Å²) < 4.78 is 13.6. The zero-order chi connectivity index (χ0) is 17.2. The van der Waals surface area contributed by atoms with Gasteiger partial charge in [0.05, 0.1) is 19.2 Å². The molecular weight excluding hydrogens is 322 g/mol. The van der Waals surface area contributed by atoms with E-state index in [2.05, 4.69) is 15.1 Å². The van der Waals surface area contributed by atoms with Gasteiger partial charge in [0, 0.05) is 26.0 Å². The van der Waals surface area contributed by atoms with Crippen LogP contribution in [-0.2, 0) is 23.1 Å². The van der Waals surface area contributed by atoms with E-state index >= 15 is 0 Å². The van der Waals surface area contributed by atoms with Crippen LogP contribution in [0.5, 0.6) is 0 Å². The number of amides is 1. The second kappa shape index (κ2) is 6.89. The van der Waals surface area contributed by atoms with Crippen LogP contribution in [-0.4, -0.2) is 62.0 Å². The molecule has 2 fully saturated rings. The molecular formula is C17H21N5O3. The number of carbonyl (C=O) groups excluding carboxylic acids is 1. The summed E-state index contributed by atoms with van der Waals surface area (Å²) in [7, 11) is 1.75. The Labute approximate surface area is 145 Å². The topological polar surface area (TPSA) is 82.4 Å². The minimum Gasteiger partial charge on any atom is -0.373 e. The number of fused-ring (bicyclic) bond motifs is 1. The highest BCUT2D eigenvalue weighted by atomic mass is 16.5. The molecule has 0 unspecified atom stereocenters. The summed E-state index contributed by atoms with van der Waals surface area (Å²) in [6.07, 6.45) is 6.64. The standard InChI is InChI=1S/C17H21N5O3/c1-21-11-19-16(20-21)17(23)22-9-14(15-13(22)3-2-8-24-15)25-10-12-4-6-18-7-5-12/h4-7,11,13-15H,2-3,8-10H2,1H3/t13-,14+,15+/m1/s1. The van der Waals surface area contributed by atoms with Gasteiger partial charge in [-0.05, 0) is 30.5 Å². The van der Waals surface area contributed by atoms with Crippen molar-refractivity contribution in [1.29, 1.82) is 0 Å². The summed E-state index contributed by atoms with van der Waals surface area (Å²) in [6, 6.07) is 3.87. The Bertz CT molecular complexity index is 735. The van der Waals surface area contributed by atoms with Gasteiger partial charge in [0.25, 0.3) is 5.91 Å². The molecule has 0 saturated carbocycles. The molecule has 25 heavy (non-hydrogen) atoms. The van der Waals surface area contributed by atoms with Crippen LogP contribution in [0.25, 0.3) is 0 Å². The fraction of sp³-hybridized carbons (Fsp3) is 0.529. The Kier molecular flexibility index (Phi) is 4.46. The van der Waals surface area contributed by atoms with Crippen LogP contribution in [0.1, 0.15) is 29.0 Å². The maximum Gasteiger partial charge on any atom is 0.293 e. The van der Waals surface area contributed by atoms with E-state index in [0.29, 0.717) is 19.8 Å². The molecule has 0 N–H and O–H groups in total. The van der Waals surface area contributed by atoms with E-state index in [0.717, 1.165) is 18.4 Å². The highest BCUT2D eigenvalue weighted by Crippen LogP contribution is 2.31. The molecule has 8 heteroatoms. The smallest absolute Gasteiger partial charge is 0.293 e. The third-order valence-corrected chi connectivity index (χ3v) is 4.74. The van der Waals surface area contributed by atoms with Gasteiger partial charge in [-0.15, -0.1) is 5.10 Å². The van der Waals surface area contributed by atoms with Gasteiger partial charge in [-0.1, -0.05) is 0 Å². The van der Waals surface area contributed by atoms with Gasteiger partial charge >= 0.3 is 0 Å². The second-order valence-corrected chi connectivity index (χ2v) is 6.45. The Morgan fingerprint density at radius 3 is 3.00 bits per heavy atom. The number of aromatic nitrogens is 4. The zero-order valence-electron chi connectivity index (χ0n) is 14.1. The van der Waals surface area contributed by atoms with Crippen molar-refractivity contribution in [1.82, 2.24) is 24.6 Å². The van der Waals surface area contributed by atoms with Crippen LogP contribution >= 0.6 is 0 Å². The largest absolute Gasteiger partial charge is 0.373 e. The van der Waals surface area contributed by atoms with E-state index < -0.39 is 0 Å². The van der Waals surface area contributed by atoms with Crippen LogP contribution in [0.2, 0.25) is 0 Å². The molecule has 8 nitrogen and oxygen atoms in total. The molecule has 0 radical (unpaired) electrons. The minimum absolute atomic E-state index is 0.0208. The number of carbonyl (C=O) groups is 1. The van der Waals surface area contributed by atoms with Crippen molar-refractivity contribution < 1.29 is 14.3 Å². The average Bonchev–Trinajstić information content (AvgIpc) is 3.24. The molecule has 2 aliphatic heterocycles. The predicted octanol–water partition coefficient (Wildman–Crippen LogP) is 0.799. The van der Waals surface area contributed by atoms with Gasteiger partial charge in [0.15, 0.2) is 0 Å². The molecule has 2 aromatic rings. The Balaban J connectivity index is 1.48. The SMILES string of the molecule is Cn1cnc(C(=O)N2C[C@H](OCc3ccncc3)[C@H]3OCCC[C@H]32)n1. The lowest BCUT2D eigenvalue weighted by Crippen LogP contribution is -2.44. The summed E-state index contributed by atoms with van der Waals surface area (Å²) in [6.45, 7) is 1.68. The maximum atomic E-state index is 12.8. The van der Waals surface area contributed by atoms with E-state index in [1.807, 2.05) is 17.0 Å². The molecule has 0 bridgehead atoms. The highest BCUT2D eigenvalue weighted by Gasteiger charge is 2.47. The number of rotatable bonds is 4. The lowest BCUT2D eigenvalue weighted by molar-refractivity contribution is -0.0809. The summed E-state index contributed by atoms with van der Waals surface area (Å²) >= 11 is 0. The number of likely N-dealkylation sites (tertiary alicyclic amines) is 1. The number of pyridine rings is 1. The molecule has 0 aromatic carbocycles. The first-order valence-corrected chi connectivity index (χ1v) is 8.51. The number of aryl methyl sites for hydroxylation is 1. The quantitative estimate of drug-likeness (QED) is 0.817. The van der Waals surface area contributed by atoms with Crippen molar-refractivity contribution in [2.24, 2.45) is 7.05 Å². The minimum atomic E-state index is -0.156. The monoisotopic (exact) mass is 343 g/mol. The van der Waals surface area contributed by atoms with Crippen LogP contribution in [0.15, 0.2) is 30.9 Å². The zero-order valence-corrected chi connectivity index (χ0v) is 14.1. The fourth-order valence-corrected chi connectivity index (χ4v) is 3.54. The third-order valence-electron chi connectivity index (χ3n) is 4.74. The fourth-order valence-electron chi connectivity index (χ4n) is 3.54. The molecule has 2 aliphatic rings. The predicted molar refractivity (Wildman–Crippen MR) is 87.6 cm³/mol. The highest BCUT2D eigenvalue weighted by molar-refractivity contribution is 5.91. The van der Waals surface area contributed by atoms with E-state index in [-0.39, 0.29) is 30.0 Å². The van der Waals surface area contributed by atoms with Crippen LogP contribution in [0.4, 0.5) is 0 Å². The number of hydrogen-bond acceptors (Lipinski definition) is 6. The molecule has 132 valence electrons. The van der Waals surface area contributed by atoms with Gasteiger partial charge < -0.3 is 14.4 Å². The Morgan fingerprint density at radius 2 is 2.24 bits per heavy atom. The van der Waals surface area contributed by atoms with Crippen molar-refractivity contribution in [3.63, 3.8) is 0 Å². The number of hydrogen-bond donors (Lipinski definition) is 0. The molecule has 4 rings (SSSR count). The number of nitrogens with zero attached hydrogens (tertiary/aromatic N) is 5. The normalized spacial score (nSPS) is 25.8. The third kappa shape index (κ3) is 3.27. The second-order valence-electron chi connectivity index (χ2n) is 6.45. The molecule has 0 aliphatic carbocycles. The van der Waals surface area contributed by atoms with Gasteiger partial charge in [-0.2, -0.15) is 0 Å². The van der Waals surface area contributed by atoms with Crippen LogP contribution < -0.4 is 0 Å². The first-order valence-electron chi connectivity index (χ1n) is 8.51. The summed E-state index contributed by atoms with van der Waals surface area (Å²) in [5.41, 5.74) is 1.05. The van der Waals surface area contributed by atoms with Crippen molar-refractivity contribution in [3.05, 3.63) is 42.2 Å². The Hall–Kier alpha value is -2.32. The lowest BCUT2D eigenvalue weighted by atomic mass is 10.0. The van der Waals surface area contributed by atoms with Crippen molar-refractivity contribution in [3.8, 4) is 0 Å². The van der Waals surface area contributed by atoms with E-state index in [1.54, 1.807) is 19.4 Å². The van der Waals surface area contributed by atoms with E-state index in [4.69, 9.17) is 9.47 Å². The first-order chi connectivity index (χ1) is 12.2. The molecule has 2 saturated heterocycles. The van der Waals surface area contributed by atoms with E-state index in [1.165, 1.54) is 11.0 Å². The maximum absolute atomic E-state index is 12.8.